The Morgan fingerprint density at radius 2 is 1.93 bits per heavy atom. The molecule has 1 saturated heterocycles. The van der Waals surface area contributed by atoms with Crippen molar-refractivity contribution in [2.45, 2.75) is 6.92 Å². The fraction of sp³-hybridized carbons (Fsp3) is 0.300. The quantitative estimate of drug-likeness (QED) is 0.644. The smallest absolute Gasteiger partial charge is 0.273 e. The Morgan fingerprint density at radius 1 is 1.11 bits per heavy atom. The molecule has 3 heterocycles. The molecule has 0 atom stereocenters. The third kappa shape index (κ3) is 3.84. The molecular formula is C20H21N3O2S2. The fourth-order valence-electron chi connectivity index (χ4n) is 3.19. The molecule has 1 amide bonds. The predicted molar refractivity (Wildman–Crippen MR) is 111 cm³/mol. The molecule has 1 aromatic carbocycles. The van der Waals surface area contributed by atoms with E-state index in [1.807, 2.05) is 52.9 Å². The first-order chi connectivity index (χ1) is 13.3. The summed E-state index contributed by atoms with van der Waals surface area (Å²) in [5.74, 6) is 0.923. The molecule has 1 aliphatic rings. The van der Waals surface area contributed by atoms with Crippen LogP contribution in [0.1, 0.15) is 17.4 Å². The molecule has 0 spiro atoms. The van der Waals surface area contributed by atoms with E-state index in [2.05, 4.69) is 16.0 Å². The van der Waals surface area contributed by atoms with E-state index in [4.69, 9.17) is 4.74 Å². The van der Waals surface area contributed by atoms with Crippen molar-refractivity contribution in [1.82, 2.24) is 9.88 Å². The van der Waals surface area contributed by atoms with Gasteiger partial charge in [-0.25, -0.2) is 4.98 Å². The number of piperazine rings is 1. The maximum atomic E-state index is 12.8. The van der Waals surface area contributed by atoms with Gasteiger partial charge < -0.3 is 14.5 Å². The number of thiophene rings is 1. The molecule has 7 heteroatoms. The summed E-state index contributed by atoms with van der Waals surface area (Å²) in [6.07, 6.45) is 0. The molecule has 0 unspecified atom stereocenters. The molecule has 1 aliphatic heterocycles. The second-order valence-corrected chi connectivity index (χ2v) is 8.00. The van der Waals surface area contributed by atoms with E-state index < -0.39 is 0 Å². The standard InChI is InChI=1S/C20H21N3O2S2/c1-2-25-17-7-4-3-6-16(17)22-9-11-23(12-10-22)20(24)15-14-27-19(21-15)18-8-5-13-26-18/h3-8,13-14H,2,9-12H2,1H3. The van der Waals surface area contributed by atoms with Crippen LogP contribution in [0, 0.1) is 0 Å². The highest BCUT2D eigenvalue weighted by molar-refractivity contribution is 7.20. The molecule has 2 aromatic heterocycles. The van der Waals surface area contributed by atoms with Gasteiger partial charge in [-0.1, -0.05) is 18.2 Å². The lowest BCUT2D eigenvalue weighted by Crippen LogP contribution is -2.49. The maximum Gasteiger partial charge on any atom is 0.273 e. The van der Waals surface area contributed by atoms with Crippen molar-refractivity contribution < 1.29 is 9.53 Å². The molecule has 3 aromatic rings. The number of para-hydroxylation sites is 2. The number of benzene rings is 1. The number of carbonyl (C=O) groups excluding carboxylic acids is 1. The Hall–Kier alpha value is -2.38. The summed E-state index contributed by atoms with van der Waals surface area (Å²) in [7, 11) is 0. The summed E-state index contributed by atoms with van der Waals surface area (Å²) in [5, 5.41) is 4.81. The zero-order valence-corrected chi connectivity index (χ0v) is 16.8. The van der Waals surface area contributed by atoms with E-state index in [1.165, 1.54) is 11.3 Å². The van der Waals surface area contributed by atoms with Gasteiger partial charge in [0.25, 0.3) is 5.91 Å². The SMILES string of the molecule is CCOc1ccccc1N1CCN(C(=O)c2csc(-c3cccs3)n2)CC1. The molecule has 140 valence electrons. The number of anilines is 1. The molecule has 4 rings (SSSR count). The van der Waals surface area contributed by atoms with Crippen LogP contribution < -0.4 is 9.64 Å². The van der Waals surface area contributed by atoms with Crippen molar-refractivity contribution in [1.29, 1.82) is 0 Å². The van der Waals surface area contributed by atoms with Crippen LogP contribution in [-0.2, 0) is 0 Å². The number of aromatic nitrogens is 1. The van der Waals surface area contributed by atoms with E-state index in [1.54, 1.807) is 11.3 Å². The average molecular weight is 400 g/mol. The largest absolute Gasteiger partial charge is 0.492 e. The number of ether oxygens (including phenoxy) is 1. The summed E-state index contributed by atoms with van der Waals surface area (Å²) < 4.78 is 5.74. The topological polar surface area (TPSA) is 45.7 Å². The first-order valence-electron chi connectivity index (χ1n) is 9.01. The maximum absolute atomic E-state index is 12.8. The molecular weight excluding hydrogens is 378 g/mol. The monoisotopic (exact) mass is 399 g/mol. The van der Waals surface area contributed by atoms with Gasteiger partial charge >= 0.3 is 0 Å². The highest BCUT2D eigenvalue weighted by Gasteiger charge is 2.25. The predicted octanol–water partition coefficient (Wildman–Crippen LogP) is 4.23. The van der Waals surface area contributed by atoms with Crippen molar-refractivity contribution in [2.24, 2.45) is 0 Å². The van der Waals surface area contributed by atoms with Gasteiger partial charge in [-0.3, -0.25) is 4.79 Å². The average Bonchev–Trinajstić information content (AvgIpc) is 3.40. The van der Waals surface area contributed by atoms with Crippen molar-refractivity contribution in [3.8, 4) is 15.6 Å². The van der Waals surface area contributed by atoms with E-state index >= 15 is 0 Å². The minimum atomic E-state index is 0.0202. The first-order valence-corrected chi connectivity index (χ1v) is 10.8. The van der Waals surface area contributed by atoms with Crippen LogP contribution in [0.3, 0.4) is 0 Å². The van der Waals surface area contributed by atoms with Gasteiger partial charge in [0.15, 0.2) is 0 Å². The lowest BCUT2D eigenvalue weighted by molar-refractivity contribution is 0.0741. The normalized spacial score (nSPS) is 14.4. The van der Waals surface area contributed by atoms with Crippen LogP contribution in [0.5, 0.6) is 5.75 Å². The number of amides is 1. The van der Waals surface area contributed by atoms with E-state index in [9.17, 15) is 4.79 Å². The number of rotatable bonds is 5. The molecule has 1 fully saturated rings. The number of hydrogen-bond acceptors (Lipinski definition) is 6. The van der Waals surface area contributed by atoms with Crippen LogP contribution in [0.25, 0.3) is 9.88 Å². The first kappa shape index (κ1) is 18.0. The summed E-state index contributed by atoms with van der Waals surface area (Å²) in [6, 6.07) is 12.1. The van der Waals surface area contributed by atoms with Crippen LogP contribution in [0.4, 0.5) is 5.69 Å². The second kappa shape index (κ2) is 8.10. The highest BCUT2D eigenvalue weighted by Crippen LogP contribution is 2.30. The zero-order valence-electron chi connectivity index (χ0n) is 15.1. The van der Waals surface area contributed by atoms with Crippen LogP contribution in [-0.4, -0.2) is 48.6 Å². The van der Waals surface area contributed by atoms with Gasteiger partial charge in [-0.05, 0) is 30.5 Å². The van der Waals surface area contributed by atoms with Crippen LogP contribution in [0.2, 0.25) is 0 Å². The summed E-state index contributed by atoms with van der Waals surface area (Å²) in [4.78, 5) is 22.7. The minimum absolute atomic E-state index is 0.0202. The Kier molecular flexibility index (Phi) is 5.40. The summed E-state index contributed by atoms with van der Waals surface area (Å²) in [6.45, 7) is 5.59. The van der Waals surface area contributed by atoms with E-state index in [0.29, 0.717) is 25.4 Å². The van der Waals surface area contributed by atoms with Gasteiger partial charge in [0.05, 0.1) is 17.2 Å². The summed E-state index contributed by atoms with van der Waals surface area (Å²) >= 11 is 3.17. The van der Waals surface area contributed by atoms with Crippen molar-refractivity contribution in [2.75, 3.05) is 37.7 Å². The highest BCUT2D eigenvalue weighted by atomic mass is 32.1. The Bertz CT molecular complexity index is 900. The molecule has 0 aliphatic carbocycles. The van der Waals surface area contributed by atoms with Gasteiger partial charge in [-0.15, -0.1) is 22.7 Å². The number of nitrogens with zero attached hydrogens (tertiary/aromatic N) is 3. The Balaban J connectivity index is 1.41. The molecule has 0 N–H and O–H groups in total. The third-order valence-electron chi connectivity index (χ3n) is 4.53. The number of thiazole rings is 1. The van der Waals surface area contributed by atoms with Gasteiger partial charge in [0.2, 0.25) is 0 Å². The minimum Gasteiger partial charge on any atom is -0.492 e. The van der Waals surface area contributed by atoms with Crippen LogP contribution >= 0.6 is 22.7 Å². The molecule has 5 nitrogen and oxygen atoms in total. The van der Waals surface area contributed by atoms with Crippen molar-refractivity contribution >= 4 is 34.3 Å². The zero-order chi connectivity index (χ0) is 18.6. The summed E-state index contributed by atoms with van der Waals surface area (Å²) in [5.41, 5.74) is 1.65. The number of carbonyl (C=O) groups is 1. The third-order valence-corrected chi connectivity index (χ3v) is 6.41. The number of hydrogen-bond donors (Lipinski definition) is 0. The van der Waals surface area contributed by atoms with Gasteiger partial charge in [0.1, 0.15) is 16.5 Å². The second-order valence-electron chi connectivity index (χ2n) is 6.20. The Morgan fingerprint density at radius 3 is 2.67 bits per heavy atom. The molecule has 27 heavy (non-hydrogen) atoms. The van der Waals surface area contributed by atoms with Gasteiger partial charge in [-0.2, -0.15) is 0 Å². The van der Waals surface area contributed by atoms with Gasteiger partial charge in [0, 0.05) is 31.6 Å². The van der Waals surface area contributed by atoms with Crippen molar-refractivity contribution in [3.63, 3.8) is 0 Å². The lowest BCUT2D eigenvalue weighted by atomic mass is 10.2. The molecule has 0 bridgehead atoms. The van der Waals surface area contributed by atoms with Crippen LogP contribution in [0.15, 0.2) is 47.2 Å². The lowest BCUT2D eigenvalue weighted by Gasteiger charge is -2.36. The van der Waals surface area contributed by atoms with Crippen molar-refractivity contribution in [3.05, 3.63) is 52.9 Å². The van der Waals surface area contributed by atoms with E-state index in [-0.39, 0.29) is 5.91 Å². The van der Waals surface area contributed by atoms with E-state index in [0.717, 1.165) is 34.4 Å². The molecule has 0 saturated carbocycles. The fourth-order valence-corrected chi connectivity index (χ4v) is 4.80. The Labute approximate surface area is 166 Å². The molecule has 0 radical (unpaired) electrons.